The van der Waals surface area contributed by atoms with E-state index in [2.05, 4.69) is 48.6 Å². The van der Waals surface area contributed by atoms with Crippen molar-refractivity contribution >= 4 is 5.91 Å². The minimum Gasteiger partial charge on any atom is -0.497 e. The van der Waals surface area contributed by atoms with Crippen molar-refractivity contribution in [3.63, 3.8) is 0 Å². The Morgan fingerprint density at radius 3 is 2.53 bits per heavy atom. The summed E-state index contributed by atoms with van der Waals surface area (Å²) in [5.74, 6) is 1.35. The van der Waals surface area contributed by atoms with Crippen LogP contribution < -0.4 is 10.1 Å². The van der Waals surface area contributed by atoms with Crippen LogP contribution in [0.3, 0.4) is 0 Å². The molecule has 2 aromatic carbocycles. The second-order valence-electron chi connectivity index (χ2n) is 8.40. The molecule has 1 saturated heterocycles. The zero-order chi connectivity index (χ0) is 20.9. The van der Waals surface area contributed by atoms with E-state index in [0.29, 0.717) is 32.3 Å². The maximum atomic E-state index is 13.4. The SMILES string of the molecule is COc1ccc([C@H]2C[C@H](NCc3ccccc3C)C[C@@H]2C(=O)N2CCOCC2)cc1. The van der Waals surface area contributed by atoms with E-state index in [1.807, 2.05) is 17.0 Å². The second-order valence-corrected chi connectivity index (χ2v) is 8.40. The van der Waals surface area contributed by atoms with Gasteiger partial charge >= 0.3 is 0 Å². The molecule has 160 valence electrons. The first-order valence-corrected chi connectivity index (χ1v) is 10.9. The van der Waals surface area contributed by atoms with Crippen LogP contribution in [0.4, 0.5) is 0 Å². The lowest BCUT2D eigenvalue weighted by molar-refractivity contribution is -0.140. The first-order valence-electron chi connectivity index (χ1n) is 10.9. The molecule has 1 aliphatic carbocycles. The Morgan fingerprint density at radius 1 is 1.10 bits per heavy atom. The van der Waals surface area contributed by atoms with Gasteiger partial charge in [-0.2, -0.15) is 0 Å². The molecule has 0 unspecified atom stereocenters. The van der Waals surface area contributed by atoms with E-state index in [0.717, 1.165) is 25.1 Å². The Hall–Kier alpha value is -2.37. The van der Waals surface area contributed by atoms with Crippen molar-refractivity contribution in [1.82, 2.24) is 10.2 Å². The second kappa shape index (κ2) is 9.63. The molecule has 3 atom stereocenters. The number of hydrogen-bond donors (Lipinski definition) is 1. The molecule has 30 heavy (non-hydrogen) atoms. The van der Waals surface area contributed by atoms with Gasteiger partial charge in [-0.25, -0.2) is 0 Å². The van der Waals surface area contributed by atoms with Gasteiger partial charge in [0.2, 0.25) is 5.91 Å². The van der Waals surface area contributed by atoms with Crippen LogP contribution in [0.2, 0.25) is 0 Å². The Kier molecular flexibility index (Phi) is 6.70. The highest BCUT2D eigenvalue weighted by Crippen LogP contribution is 2.41. The molecule has 0 radical (unpaired) electrons. The van der Waals surface area contributed by atoms with E-state index in [1.54, 1.807) is 7.11 Å². The number of carbonyl (C=O) groups is 1. The van der Waals surface area contributed by atoms with Crippen LogP contribution >= 0.6 is 0 Å². The number of amides is 1. The Bertz CT molecular complexity index is 846. The molecule has 1 heterocycles. The summed E-state index contributed by atoms with van der Waals surface area (Å²) in [7, 11) is 1.68. The normalized spacial score (nSPS) is 24.1. The maximum absolute atomic E-state index is 13.4. The number of aryl methyl sites for hydroxylation is 1. The van der Waals surface area contributed by atoms with Crippen LogP contribution in [0.15, 0.2) is 48.5 Å². The molecule has 0 spiro atoms. The lowest BCUT2D eigenvalue weighted by Crippen LogP contribution is -2.44. The minimum atomic E-state index is 0.00543. The van der Waals surface area contributed by atoms with Crippen molar-refractivity contribution in [1.29, 1.82) is 0 Å². The third-order valence-corrected chi connectivity index (χ3v) is 6.59. The number of ether oxygens (including phenoxy) is 2. The summed E-state index contributed by atoms with van der Waals surface area (Å²) in [5, 5.41) is 3.73. The third-order valence-electron chi connectivity index (χ3n) is 6.59. The average molecular weight is 409 g/mol. The molecule has 5 heteroatoms. The smallest absolute Gasteiger partial charge is 0.226 e. The summed E-state index contributed by atoms with van der Waals surface area (Å²) >= 11 is 0. The highest BCUT2D eigenvalue weighted by Gasteiger charge is 2.41. The predicted octanol–water partition coefficient (Wildman–Crippen LogP) is 3.51. The van der Waals surface area contributed by atoms with Crippen molar-refractivity contribution in [2.75, 3.05) is 33.4 Å². The molecule has 1 saturated carbocycles. The molecule has 2 aliphatic rings. The number of nitrogens with one attached hydrogen (secondary N) is 1. The first kappa shape index (κ1) is 20.9. The van der Waals surface area contributed by atoms with Gasteiger partial charge in [0.1, 0.15) is 5.75 Å². The number of benzene rings is 2. The molecular weight excluding hydrogens is 376 g/mol. The van der Waals surface area contributed by atoms with Gasteiger partial charge in [0.15, 0.2) is 0 Å². The van der Waals surface area contributed by atoms with Crippen LogP contribution in [0.1, 0.15) is 35.4 Å². The molecule has 0 bridgehead atoms. The van der Waals surface area contributed by atoms with Gasteiger partial charge in [0, 0.05) is 31.6 Å². The fraction of sp³-hybridized carbons (Fsp3) is 0.480. The van der Waals surface area contributed by atoms with E-state index < -0.39 is 0 Å². The summed E-state index contributed by atoms with van der Waals surface area (Å²) in [6.07, 6.45) is 1.84. The Balaban J connectivity index is 1.50. The molecule has 1 N–H and O–H groups in total. The first-order chi connectivity index (χ1) is 14.7. The fourth-order valence-electron chi connectivity index (χ4n) is 4.78. The zero-order valence-electron chi connectivity index (χ0n) is 18.0. The average Bonchev–Trinajstić information content (AvgIpc) is 3.23. The van der Waals surface area contributed by atoms with Gasteiger partial charge in [-0.15, -0.1) is 0 Å². The van der Waals surface area contributed by atoms with Crippen LogP contribution in [0, 0.1) is 12.8 Å². The third kappa shape index (κ3) is 4.68. The molecule has 5 nitrogen and oxygen atoms in total. The van der Waals surface area contributed by atoms with Crippen LogP contribution in [0.25, 0.3) is 0 Å². The van der Waals surface area contributed by atoms with E-state index in [-0.39, 0.29) is 17.7 Å². The van der Waals surface area contributed by atoms with Gasteiger partial charge in [0.25, 0.3) is 0 Å². The van der Waals surface area contributed by atoms with Gasteiger partial charge < -0.3 is 19.7 Å². The van der Waals surface area contributed by atoms with Crippen LogP contribution in [-0.4, -0.2) is 50.3 Å². The largest absolute Gasteiger partial charge is 0.497 e. The monoisotopic (exact) mass is 408 g/mol. The van der Waals surface area contributed by atoms with Gasteiger partial charge in [-0.1, -0.05) is 36.4 Å². The number of morpholine rings is 1. The number of nitrogens with zero attached hydrogens (tertiary/aromatic N) is 1. The lowest BCUT2D eigenvalue weighted by atomic mass is 9.88. The summed E-state index contributed by atoms with van der Waals surface area (Å²) in [5.41, 5.74) is 3.85. The summed E-state index contributed by atoms with van der Waals surface area (Å²) in [6, 6.07) is 17.0. The minimum absolute atomic E-state index is 0.00543. The molecule has 2 aromatic rings. The van der Waals surface area contributed by atoms with E-state index >= 15 is 0 Å². The van der Waals surface area contributed by atoms with E-state index in [1.165, 1.54) is 16.7 Å². The maximum Gasteiger partial charge on any atom is 0.226 e. The number of rotatable bonds is 6. The van der Waals surface area contributed by atoms with Crippen molar-refractivity contribution in [2.24, 2.45) is 5.92 Å². The molecular formula is C25H32N2O3. The predicted molar refractivity (Wildman–Crippen MR) is 118 cm³/mol. The van der Waals surface area contributed by atoms with Gasteiger partial charge in [-0.3, -0.25) is 4.79 Å². The molecule has 0 aromatic heterocycles. The van der Waals surface area contributed by atoms with Crippen LogP contribution in [-0.2, 0) is 16.1 Å². The molecule has 2 fully saturated rings. The highest BCUT2D eigenvalue weighted by molar-refractivity contribution is 5.80. The van der Waals surface area contributed by atoms with Crippen molar-refractivity contribution in [3.8, 4) is 5.75 Å². The van der Waals surface area contributed by atoms with Gasteiger partial charge in [-0.05, 0) is 54.5 Å². The van der Waals surface area contributed by atoms with Crippen molar-refractivity contribution in [2.45, 2.75) is 38.3 Å². The lowest BCUT2D eigenvalue weighted by Gasteiger charge is -2.31. The highest BCUT2D eigenvalue weighted by atomic mass is 16.5. The molecule has 1 aliphatic heterocycles. The summed E-state index contributed by atoms with van der Waals surface area (Å²) < 4.78 is 10.8. The number of carbonyl (C=O) groups excluding carboxylic acids is 1. The Morgan fingerprint density at radius 2 is 1.83 bits per heavy atom. The topological polar surface area (TPSA) is 50.8 Å². The molecule has 4 rings (SSSR count). The number of hydrogen-bond acceptors (Lipinski definition) is 4. The standard InChI is InChI=1S/C25H32N2O3/c1-18-5-3-4-6-20(18)17-26-21-15-23(19-7-9-22(29-2)10-8-19)24(16-21)25(28)27-11-13-30-14-12-27/h3-10,21,23-24,26H,11-17H2,1-2H3/t21-,23+,24-/m0/s1. The van der Waals surface area contributed by atoms with Gasteiger partial charge in [0.05, 0.1) is 20.3 Å². The van der Waals surface area contributed by atoms with Crippen molar-refractivity contribution < 1.29 is 14.3 Å². The van der Waals surface area contributed by atoms with E-state index in [9.17, 15) is 4.79 Å². The fourth-order valence-corrected chi connectivity index (χ4v) is 4.78. The van der Waals surface area contributed by atoms with Crippen molar-refractivity contribution in [3.05, 3.63) is 65.2 Å². The summed E-state index contributed by atoms with van der Waals surface area (Å²) in [4.78, 5) is 15.4. The summed E-state index contributed by atoms with van der Waals surface area (Å²) in [6.45, 7) is 5.67. The quantitative estimate of drug-likeness (QED) is 0.795. The zero-order valence-corrected chi connectivity index (χ0v) is 18.0. The Labute approximate surface area is 179 Å². The van der Waals surface area contributed by atoms with Crippen LogP contribution in [0.5, 0.6) is 5.75 Å². The number of methoxy groups -OCH3 is 1. The molecule has 1 amide bonds. The van der Waals surface area contributed by atoms with E-state index in [4.69, 9.17) is 9.47 Å².